The van der Waals surface area contributed by atoms with Crippen molar-refractivity contribution in [3.63, 3.8) is 0 Å². The van der Waals surface area contributed by atoms with E-state index in [1.165, 1.54) is 6.07 Å². The molecule has 3 heterocycles. The van der Waals surface area contributed by atoms with E-state index in [0.29, 0.717) is 46.2 Å². The first-order valence-corrected chi connectivity index (χ1v) is 12.0. The topological polar surface area (TPSA) is 87.7 Å². The van der Waals surface area contributed by atoms with Crippen LogP contribution in [0.1, 0.15) is 58.4 Å². The second-order valence-corrected chi connectivity index (χ2v) is 9.40. The summed E-state index contributed by atoms with van der Waals surface area (Å²) in [6.45, 7) is 2.15. The second-order valence-electron chi connectivity index (χ2n) is 9.40. The Morgan fingerprint density at radius 1 is 1.11 bits per heavy atom. The number of benzene rings is 2. The standard InChI is InChI=1S/C28H23FN6O/c1-3-17-9-22-20(10-24(17)29)14-35(28(22)36)26-12-19(11-25(32-26)18-5-6-18)21-7-4-16(13-30)8-23(21)27-33-31-15-34(27)2/h4,7-12,15,18H,3,5-6,14H2,1-2H3. The van der Waals surface area contributed by atoms with Crippen molar-refractivity contribution in [1.82, 2.24) is 19.7 Å². The fourth-order valence-electron chi connectivity index (χ4n) is 4.83. The minimum absolute atomic E-state index is 0.167. The smallest absolute Gasteiger partial charge is 0.260 e. The lowest BCUT2D eigenvalue weighted by molar-refractivity contribution is 0.0996. The number of carbonyl (C=O) groups excluding carboxylic acids is 1. The van der Waals surface area contributed by atoms with Crippen LogP contribution in [0.15, 0.2) is 48.8 Å². The van der Waals surface area contributed by atoms with Crippen molar-refractivity contribution in [3.8, 4) is 28.6 Å². The van der Waals surface area contributed by atoms with E-state index < -0.39 is 0 Å². The molecular weight excluding hydrogens is 455 g/mol. The molecule has 1 fully saturated rings. The van der Waals surface area contributed by atoms with Crippen molar-refractivity contribution in [2.24, 2.45) is 7.05 Å². The predicted octanol–water partition coefficient (Wildman–Crippen LogP) is 5.16. The average Bonchev–Trinajstić information content (AvgIpc) is 3.59. The van der Waals surface area contributed by atoms with Crippen LogP contribution in [0.5, 0.6) is 0 Å². The van der Waals surface area contributed by atoms with Gasteiger partial charge in [-0.25, -0.2) is 9.37 Å². The summed E-state index contributed by atoms with van der Waals surface area (Å²) < 4.78 is 16.3. The number of anilines is 1. The van der Waals surface area contributed by atoms with Crippen LogP contribution < -0.4 is 4.90 Å². The van der Waals surface area contributed by atoms with E-state index in [0.717, 1.165) is 35.2 Å². The molecular formula is C28H23FN6O. The van der Waals surface area contributed by atoms with Crippen molar-refractivity contribution in [2.75, 3.05) is 4.90 Å². The number of pyridine rings is 1. The van der Waals surface area contributed by atoms with Gasteiger partial charge in [0.1, 0.15) is 18.0 Å². The zero-order valence-electron chi connectivity index (χ0n) is 20.0. The van der Waals surface area contributed by atoms with Gasteiger partial charge in [-0.3, -0.25) is 9.69 Å². The van der Waals surface area contributed by atoms with Crippen molar-refractivity contribution in [1.29, 1.82) is 5.26 Å². The van der Waals surface area contributed by atoms with E-state index in [1.54, 1.807) is 23.4 Å². The molecule has 178 valence electrons. The van der Waals surface area contributed by atoms with Crippen LogP contribution in [0, 0.1) is 17.1 Å². The lowest BCUT2D eigenvalue weighted by Gasteiger charge is -2.18. The SMILES string of the molecule is CCc1cc2c(cc1F)CN(c1cc(-c3ccc(C#N)cc3-c3nncn3C)cc(C3CC3)n1)C2=O. The molecule has 0 saturated heterocycles. The van der Waals surface area contributed by atoms with Gasteiger partial charge in [-0.15, -0.1) is 10.2 Å². The molecule has 0 radical (unpaired) electrons. The highest BCUT2D eigenvalue weighted by atomic mass is 19.1. The number of nitriles is 1. The molecule has 1 saturated carbocycles. The van der Waals surface area contributed by atoms with E-state index in [1.807, 2.05) is 36.7 Å². The summed E-state index contributed by atoms with van der Waals surface area (Å²) in [6.07, 6.45) is 4.25. The molecule has 6 rings (SSSR count). The number of fused-ring (bicyclic) bond motifs is 1. The average molecular weight is 479 g/mol. The summed E-state index contributed by atoms with van der Waals surface area (Å²) in [5, 5.41) is 17.8. The molecule has 1 amide bonds. The Morgan fingerprint density at radius 2 is 1.94 bits per heavy atom. The number of hydrogen-bond acceptors (Lipinski definition) is 5. The van der Waals surface area contributed by atoms with Crippen molar-refractivity contribution < 1.29 is 9.18 Å². The van der Waals surface area contributed by atoms with Crippen LogP contribution in [0.25, 0.3) is 22.5 Å². The van der Waals surface area contributed by atoms with Crippen LogP contribution >= 0.6 is 0 Å². The van der Waals surface area contributed by atoms with E-state index in [2.05, 4.69) is 22.3 Å². The lowest BCUT2D eigenvalue weighted by Crippen LogP contribution is -2.24. The Hall–Kier alpha value is -4.38. The molecule has 7 nitrogen and oxygen atoms in total. The number of amides is 1. The third kappa shape index (κ3) is 3.64. The number of hydrogen-bond donors (Lipinski definition) is 0. The minimum Gasteiger partial charge on any atom is -0.317 e. The Kier molecular flexibility index (Phi) is 5.15. The number of rotatable bonds is 5. The summed E-state index contributed by atoms with van der Waals surface area (Å²) >= 11 is 0. The molecule has 8 heteroatoms. The third-order valence-electron chi connectivity index (χ3n) is 6.97. The van der Waals surface area contributed by atoms with E-state index in [9.17, 15) is 14.4 Å². The maximum absolute atomic E-state index is 14.5. The monoisotopic (exact) mass is 478 g/mol. The second kappa shape index (κ2) is 8.38. The molecule has 0 atom stereocenters. The molecule has 1 aliphatic heterocycles. The van der Waals surface area contributed by atoms with Gasteiger partial charge >= 0.3 is 0 Å². The highest BCUT2D eigenvalue weighted by Gasteiger charge is 2.33. The van der Waals surface area contributed by atoms with Gasteiger partial charge in [0.05, 0.1) is 18.2 Å². The van der Waals surface area contributed by atoms with E-state index in [4.69, 9.17) is 4.98 Å². The molecule has 2 aromatic heterocycles. The third-order valence-corrected chi connectivity index (χ3v) is 6.97. The van der Waals surface area contributed by atoms with Crippen molar-refractivity contribution in [3.05, 3.63) is 82.6 Å². The maximum atomic E-state index is 14.5. The summed E-state index contributed by atoms with van der Waals surface area (Å²) in [7, 11) is 1.86. The highest BCUT2D eigenvalue weighted by molar-refractivity contribution is 6.10. The van der Waals surface area contributed by atoms with Crippen LogP contribution in [-0.4, -0.2) is 25.7 Å². The van der Waals surface area contributed by atoms with Crippen LogP contribution in [-0.2, 0) is 20.0 Å². The summed E-state index contributed by atoms with van der Waals surface area (Å²) in [4.78, 5) is 19.9. The first-order chi connectivity index (χ1) is 17.5. The number of aryl methyl sites for hydroxylation is 2. The Labute approximate surface area is 207 Å². The van der Waals surface area contributed by atoms with Gasteiger partial charge in [0, 0.05) is 29.8 Å². The molecule has 2 aromatic carbocycles. The number of nitrogens with zero attached hydrogens (tertiary/aromatic N) is 6. The van der Waals surface area contributed by atoms with Gasteiger partial charge < -0.3 is 4.57 Å². The van der Waals surface area contributed by atoms with Crippen LogP contribution in [0.2, 0.25) is 0 Å². The number of halogens is 1. The first-order valence-electron chi connectivity index (χ1n) is 12.0. The number of carbonyl (C=O) groups is 1. The molecule has 1 aliphatic carbocycles. The van der Waals surface area contributed by atoms with Gasteiger partial charge in [-0.1, -0.05) is 13.0 Å². The van der Waals surface area contributed by atoms with Crippen LogP contribution in [0.4, 0.5) is 10.2 Å². The quantitative estimate of drug-likeness (QED) is 0.396. The Bertz CT molecular complexity index is 1580. The van der Waals surface area contributed by atoms with Crippen molar-refractivity contribution in [2.45, 2.75) is 38.6 Å². The predicted molar refractivity (Wildman–Crippen MR) is 133 cm³/mol. The summed E-state index contributed by atoms with van der Waals surface area (Å²) in [6, 6.07) is 14.8. The van der Waals surface area contributed by atoms with E-state index >= 15 is 0 Å². The summed E-state index contributed by atoms with van der Waals surface area (Å²) in [5.74, 6) is 1.09. The van der Waals surface area contributed by atoms with E-state index in [-0.39, 0.29) is 18.3 Å². The van der Waals surface area contributed by atoms with Gasteiger partial charge in [-0.05, 0) is 77.9 Å². The molecule has 0 spiro atoms. The molecule has 2 aliphatic rings. The maximum Gasteiger partial charge on any atom is 0.260 e. The van der Waals surface area contributed by atoms with Gasteiger partial charge in [-0.2, -0.15) is 5.26 Å². The summed E-state index contributed by atoms with van der Waals surface area (Å²) in [5.41, 5.74) is 5.73. The fraction of sp³-hybridized carbons (Fsp3) is 0.250. The molecule has 36 heavy (non-hydrogen) atoms. The van der Waals surface area contributed by atoms with Gasteiger partial charge in [0.15, 0.2) is 5.82 Å². The first kappa shape index (κ1) is 22.1. The Balaban J connectivity index is 1.49. The lowest BCUT2D eigenvalue weighted by atomic mass is 9.96. The Morgan fingerprint density at radius 3 is 2.64 bits per heavy atom. The molecule has 0 bridgehead atoms. The van der Waals surface area contributed by atoms with Crippen LogP contribution in [0.3, 0.4) is 0 Å². The fourth-order valence-corrected chi connectivity index (χ4v) is 4.83. The normalized spacial score (nSPS) is 14.7. The largest absolute Gasteiger partial charge is 0.317 e. The molecule has 0 unspecified atom stereocenters. The minimum atomic E-state index is -0.280. The zero-order chi connectivity index (χ0) is 25.0. The highest BCUT2D eigenvalue weighted by Crippen LogP contribution is 2.43. The van der Waals surface area contributed by atoms with Gasteiger partial charge in [0.25, 0.3) is 5.91 Å². The molecule has 0 N–H and O–H groups in total. The van der Waals surface area contributed by atoms with Gasteiger partial charge in [0.2, 0.25) is 0 Å². The molecule has 4 aromatic rings. The van der Waals surface area contributed by atoms with Crippen molar-refractivity contribution >= 4 is 11.7 Å². The zero-order valence-corrected chi connectivity index (χ0v) is 20.0. The number of aromatic nitrogens is 4.